The molecule has 136 valence electrons. The van der Waals surface area contributed by atoms with Crippen molar-refractivity contribution >= 4 is 10.8 Å². The Morgan fingerprint density at radius 2 is 1.54 bits per heavy atom. The molecule has 0 bridgehead atoms. The largest absolute Gasteiger partial charge is 0.493 e. The number of hydrogen-bond acceptors (Lipinski definition) is 4. The molecule has 0 saturated carbocycles. The van der Waals surface area contributed by atoms with E-state index in [0.29, 0.717) is 23.8 Å². The van der Waals surface area contributed by atoms with E-state index in [2.05, 4.69) is 54.7 Å². The minimum atomic E-state index is 0.193. The summed E-state index contributed by atoms with van der Waals surface area (Å²) in [5.41, 5.74) is 2.31. The fraction of sp³-hybridized carbons (Fsp3) is 0.273. The Morgan fingerprint density at radius 3 is 2.27 bits per heavy atom. The summed E-state index contributed by atoms with van der Waals surface area (Å²) in [4.78, 5) is 0. The summed E-state index contributed by atoms with van der Waals surface area (Å²) in [7, 11) is 4.89. The van der Waals surface area contributed by atoms with E-state index in [1.807, 2.05) is 12.1 Å². The number of rotatable bonds is 7. The second-order valence-electron chi connectivity index (χ2n) is 6.16. The molecule has 0 unspecified atom stereocenters. The van der Waals surface area contributed by atoms with Gasteiger partial charge in [0.25, 0.3) is 0 Å². The van der Waals surface area contributed by atoms with E-state index in [1.54, 1.807) is 21.3 Å². The second-order valence-corrected chi connectivity index (χ2v) is 6.16. The van der Waals surface area contributed by atoms with Crippen LogP contribution in [0.3, 0.4) is 0 Å². The molecular formula is C22H25NO3. The molecule has 4 nitrogen and oxygen atoms in total. The summed E-state index contributed by atoms with van der Waals surface area (Å²) >= 11 is 0. The van der Waals surface area contributed by atoms with Crippen LogP contribution in [0, 0.1) is 0 Å². The third-order valence-corrected chi connectivity index (χ3v) is 4.67. The average molecular weight is 351 g/mol. The monoisotopic (exact) mass is 351 g/mol. The first-order valence-corrected chi connectivity index (χ1v) is 8.68. The van der Waals surface area contributed by atoms with Gasteiger partial charge in [-0.25, -0.2) is 0 Å². The zero-order valence-electron chi connectivity index (χ0n) is 15.7. The van der Waals surface area contributed by atoms with Gasteiger partial charge in [0.05, 0.1) is 21.3 Å². The van der Waals surface area contributed by atoms with Crippen molar-refractivity contribution in [3.05, 3.63) is 65.7 Å². The molecule has 0 aliphatic heterocycles. The van der Waals surface area contributed by atoms with E-state index in [-0.39, 0.29) is 6.04 Å². The van der Waals surface area contributed by atoms with Crippen molar-refractivity contribution in [1.82, 2.24) is 5.32 Å². The van der Waals surface area contributed by atoms with Crippen LogP contribution in [0.2, 0.25) is 0 Å². The molecule has 0 fully saturated rings. The van der Waals surface area contributed by atoms with Crippen LogP contribution in [-0.2, 0) is 6.54 Å². The van der Waals surface area contributed by atoms with Crippen LogP contribution in [0.25, 0.3) is 10.8 Å². The zero-order chi connectivity index (χ0) is 18.5. The van der Waals surface area contributed by atoms with Crippen molar-refractivity contribution in [2.45, 2.75) is 19.5 Å². The molecule has 26 heavy (non-hydrogen) atoms. The van der Waals surface area contributed by atoms with E-state index in [9.17, 15) is 0 Å². The Balaban J connectivity index is 1.84. The Kier molecular flexibility index (Phi) is 5.64. The highest BCUT2D eigenvalue weighted by atomic mass is 16.5. The molecule has 0 aliphatic carbocycles. The van der Waals surface area contributed by atoms with Crippen molar-refractivity contribution in [3.63, 3.8) is 0 Å². The van der Waals surface area contributed by atoms with Crippen LogP contribution >= 0.6 is 0 Å². The van der Waals surface area contributed by atoms with E-state index < -0.39 is 0 Å². The van der Waals surface area contributed by atoms with Crippen molar-refractivity contribution in [1.29, 1.82) is 0 Å². The van der Waals surface area contributed by atoms with Gasteiger partial charge >= 0.3 is 0 Å². The van der Waals surface area contributed by atoms with Gasteiger partial charge < -0.3 is 19.5 Å². The number of methoxy groups -OCH3 is 3. The molecule has 0 saturated heterocycles. The summed E-state index contributed by atoms with van der Waals surface area (Å²) in [6.45, 7) is 2.84. The standard InChI is InChI=1S/C22H25NO3/c1-15(18-11-7-9-16-8-5-6-10-19(16)18)23-14-17-12-13-20(24-2)22(26-4)21(17)25-3/h5-13,15,23H,14H2,1-4H3/t15-/m0/s1. The highest BCUT2D eigenvalue weighted by Gasteiger charge is 2.16. The van der Waals surface area contributed by atoms with Gasteiger partial charge in [-0.3, -0.25) is 0 Å². The molecule has 4 heteroatoms. The first-order valence-electron chi connectivity index (χ1n) is 8.68. The van der Waals surface area contributed by atoms with Gasteiger partial charge in [-0.2, -0.15) is 0 Å². The number of ether oxygens (including phenoxy) is 3. The molecule has 3 aromatic rings. The molecule has 1 atom stereocenters. The molecule has 1 N–H and O–H groups in total. The molecule has 0 heterocycles. The second kappa shape index (κ2) is 8.11. The maximum absolute atomic E-state index is 5.57. The van der Waals surface area contributed by atoms with Gasteiger partial charge in [0.2, 0.25) is 5.75 Å². The fourth-order valence-electron chi connectivity index (χ4n) is 3.30. The van der Waals surface area contributed by atoms with Gasteiger partial charge in [0.15, 0.2) is 11.5 Å². The Morgan fingerprint density at radius 1 is 0.808 bits per heavy atom. The minimum absolute atomic E-state index is 0.193. The Hall–Kier alpha value is -2.72. The SMILES string of the molecule is COc1ccc(CN[C@@H](C)c2cccc3ccccc23)c(OC)c1OC. The summed E-state index contributed by atoms with van der Waals surface area (Å²) < 4.78 is 16.4. The van der Waals surface area contributed by atoms with E-state index in [4.69, 9.17) is 14.2 Å². The Labute approximate surface area is 154 Å². The van der Waals surface area contributed by atoms with Crippen molar-refractivity contribution in [2.24, 2.45) is 0 Å². The number of hydrogen-bond donors (Lipinski definition) is 1. The quantitative estimate of drug-likeness (QED) is 0.669. The van der Waals surface area contributed by atoms with Gasteiger partial charge in [-0.15, -0.1) is 0 Å². The maximum atomic E-state index is 5.57. The van der Waals surface area contributed by atoms with E-state index >= 15 is 0 Å². The van der Waals surface area contributed by atoms with Crippen LogP contribution < -0.4 is 19.5 Å². The number of fused-ring (bicyclic) bond motifs is 1. The maximum Gasteiger partial charge on any atom is 0.203 e. The average Bonchev–Trinajstić information content (AvgIpc) is 2.70. The lowest BCUT2D eigenvalue weighted by Crippen LogP contribution is -2.19. The summed E-state index contributed by atoms with van der Waals surface area (Å²) in [5, 5.41) is 6.12. The van der Waals surface area contributed by atoms with Crippen LogP contribution in [0.15, 0.2) is 54.6 Å². The van der Waals surface area contributed by atoms with Crippen LogP contribution in [0.1, 0.15) is 24.1 Å². The molecule has 0 aliphatic rings. The van der Waals surface area contributed by atoms with Gasteiger partial charge in [-0.1, -0.05) is 48.5 Å². The first-order chi connectivity index (χ1) is 12.7. The van der Waals surface area contributed by atoms with Gasteiger partial charge in [-0.05, 0) is 29.3 Å². The predicted octanol–water partition coefficient (Wildman–Crippen LogP) is 4.72. The van der Waals surface area contributed by atoms with E-state index in [0.717, 1.165) is 5.56 Å². The smallest absolute Gasteiger partial charge is 0.203 e. The normalized spacial score (nSPS) is 12.0. The number of nitrogens with one attached hydrogen (secondary N) is 1. The van der Waals surface area contributed by atoms with E-state index in [1.165, 1.54) is 16.3 Å². The molecule has 3 rings (SSSR count). The molecule has 0 radical (unpaired) electrons. The van der Waals surface area contributed by atoms with Crippen molar-refractivity contribution in [3.8, 4) is 17.2 Å². The third-order valence-electron chi connectivity index (χ3n) is 4.67. The fourth-order valence-corrected chi connectivity index (χ4v) is 3.30. The minimum Gasteiger partial charge on any atom is -0.493 e. The Bertz CT molecular complexity index is 886. The highest BCUT2D eigenvalue weighted by Crippen LogP contribution is 2.39. The zero-order valence-corrected chi connectivity index (χ0v) is 15.7. The molecular weight excluding hydrogens is 326 g/mol. The lowest BCUT2D eigenvalue weighted by atomic mass is 9.99. The first kappa shape index (κ1) is 18.1. The van der Waals surface area contributed by atoms with Crippen LogP contribution in [-0.4, -0.2) is 21.3 Å². The molecule has 0 aromatic heterocycles. The van der Waals surface area contributed by atoms with Gasteiger partial charge in [0.1, 0.15) is 0 Å². The highest BCUT2D eigenvalue weighted by molar-refractivity contribution is 5.86. The molecule has 0 amide bonds. The predicted molar refractivity (Wildman–Crippen MR) is 105 cm³/mol. The summed E-state index contributed by atoms with van der Waals surface area (Å²) in [6.07, 6.45) is 0. The van der Waals surface area contributed by atoms with Crippen molar-refractivity contribution in [2.75, 3.05) is 21.3 Å². The lowest BCUT2D eigenvalue weighted by Gasteiger charge is -2.19. The summed E-state index contributed by atoms with van der Waals surface area (Å²) in [5.74, 6) is 1.98. The van der Waals surface area contributed by atoms with Crippen LogP contribution in [0.4, 0.5) is 0 Å². The van der Waals surface area contributed by atoms with Crippen molar-refractivity contribution < 1.29 is 14.2 Å². The lowest BCUT2D eigenvalue weighted by molar-refractivity contribution is 0.321. The van der Waals surface area contributed by atoms with Gasteiger partial charge in [0, 0.05) is 18.2 Å². The third kappa shape index (κ3) is 3.46. The molecule has 0 spiro atoms. The number of benzene rings is 3. The van der Waals surface area contributed by atoms with Crippen LogP contribution in [0.5, 0.6) is 17.2 Å². The molecule has 3 aromatic carbocycles. The topological polar surface area (TPSA) is 39.7 Å². The summed E-state index contributed by atoms with van der Waals surface area (Å²) in [6, 6.07) is 19.0.